The van der Waals surface area contributed by atoms with Crippen molar-refractivity contribution >= 4 is 33.3 Å². The van der Waals surface area contributed by atoms with Gasteiger partial charge < -0.3 is 4.42 Å². The Labute approximate surface area is 140 Å². The Bertz CT molecular complexity index is 941. The zero-order valence-corrected chi connectivity index (χ0v) is 14.6. The summed E-state index contributed by atoms with van der Waals surface area (Å²) in [4.78, 5) is 19.7. The molecule has 23 heavy (non-hydrogen) atoms. The molecule has 0 amide bonds. The van der Waals surface area contributed by atoms with Crippen molar-refractivity contribution in [2.45, 2.75) is 43.5 Å². The molecule has 3 heterocycles. The van der Waals surface area contributed by atoms with Crippen molar-refractivity contribution in [2.24, 2.45) is 7.05 Å². The van der Waals surface area contributed by atoms with E-state index in [4.69, 9.17) is 9.40 Å². The van der Waals surface area contributed by atoms with Crippen LogP contribution in [0.5, 0.6) is 0 Å². The summed E-state index contributed by atoms with van der Waals surface area (Å²) in [6, 6.07) is 0. The first-order chi connectivity index (χ1) is 11.1. The van der Waals surface area contributed by atoms with Crippen molar-refractivity contribution in [3.63, 3.8) is 0 Å². The predicted octanol–water partition coefficient (Wildman–Crippen LogP) is 2.86. The van der Waals surface area contributed by atoms with Crippen LogP contribution in [0.2, 0.25) is 0 Å². The van der Waals surface area contributed by atoms with Gasteiger partial charge in [0.1, 0.15) is 4.83 Å². The lowest BCUT2D eigenvalue weighted by atomic mass is 9.97. The van der Waals surface area contributed by atoms with Gasteiger partial charge in [0.15, 0.2) is 5.16 Å². The first kappa shape index (κ1) is 14.9. The van der Waals surface area contributed by atoms with Gasteiger partial charge in [0.25, 0.3) is 5.56 Å². The van der Waals surface area contributed by atoms with E-state index in [1.54, 1.807) is 29.9 Å². The normalized spacial score (nSPS) is 14.3. The number of fused-ring (bicyclic) bond motifs is 3. The SMILES string of the molecule is Cc1nnc(CSc2nc3sc4c(c3c(=O)n2C)CCCC4)o1. The molecule has 6 nitrogen and oxygen atoms in total. The Balaban J connectivity index is 1.73. The van der Waals surface area contributed by atoms with Gasteiger partial charge in [-0.2, -0.15) is 0 Å². The van der Waals surface area contributed by atoms with Crippen LogP contribution in [0.4, 0.5) is 0 Å². The van der Waals surface area contributed by atoms with Crippen molar-refractivity contribution in [3.05, 3.63) is 32.6 Å². The molecule has 0 bridgehead atoms. The second-order valence-electron chi connectivity index (χ2n) is 5.65. The quantitative estimate of drug-likeness (QED) is 0.535. The van der Waals surface area contributed by atoms with Gasteiger partial charge in [0, 0.05) is 18.8 Å². The van der Waals surface area contributed by atoms with E-state index in [2.05, 4.69) is 10.2 Å². The van der Waals surface area contributed by atoms with Crippen LogP contribution < -0.4 is 5.56 Å². The van der Waals surface area contributed by atoms with Crippen molar-refractivity contribution < 1.29 is 4.42 Å². The maximum absolute atomic E-state index is 12.8. The lowest BCUT2D eigenvalue weighted by molar-refractivity contribution is 0.485. The highest BCUT2D eigenvalue weighted by Crippen LogP contribution is 2.34. The lowest BCUT2D eigenvalue weighted by Crippen LogP contribution is -2.20. The smallest absolute Gasteiger partial charge is 0.262 e. The lowest BCUT2D eigenvalue weighted by Gasteiger charge is -2.10. The van der Waals surface area contributed by atoms with E-state index in [1.807, 2.05) is 0 Å². The third-order valence-corrected chi connectivity index (χ3v) is 6.25. The van der Waals surface area contributed by atoms with E-state index in [1.165, 1.54) is 28.6 Å². The molecule has 120 valence electrons. The largest absolute Gasteiger partial charge is 0.425 e. The highest BCUT2D eigenvalue weighted by Gasteiger charge is 2.21. The molecule has 0 saturated heterocycles. The molecule has 0 aliphatic heterocycles. The number of aromatic nitrogens is 4. The average Bonchev–Trinajstić information content (AvgIpc) is 3.12. The summed E-state index contributed by atoms with van der Waals surface area (Å²) in [6.45, 7) is 1.76. The fourth-order valence-electron chi connectivity index (χ4n) is 2.92. The number of hydrogen-bond donors (Lipinski definition) is 0. The predicted molar refractivity (Wildman–Crippen MR) is 90.1 cm³/mol. The summed E-state index contributed by atoms with van der Waals surface area (Å²) in [5, 5.41) is 9.31. The molecular weight excluding hydrogens is 332 g/mol. The first-order valence-corrected chi connectivity index (χ1v) is 9.37. The molecule has 4 rings (SSSR count). The maximum atomic E-state index is 12.8. The van der Waals surface area contributed by atoms with Crippen LogP contribution in [0.1, 0.15) is 35.1 Å². The molecule has 3 aromatic heterocycles. The molecule has 1 aliphatic rings. The molecule has 0 atom stereocenters. The molecule has 0 aromatic carbocycles. The standard InChI is InChI=1S/C15H16N4O2S2/c1-8-17-18-11(21-8)7-22-15-16-13-12(14(20)19(15)2)9-5-3-4-6-10(9)23-13/h3-7H2,1-2H3. The maximum Gasteiger partial charge on any atom is 0.262 e. The number of aryl methyl sites for hydroxylation is 3. The summed E-state index contributed by atoms with van der Waals surface area (Å²) >= 11 is 3.12. The molecule has 1 aliphatic carbocycles. The van der Waals surface area contributed by atoms with E-state index < -0.39 is 0 Å². The van der Waals surface area contributed by atoms with Crippen molar-refractivity contribution in [1.29, 1.82) is 0 Å². The summed E-state index contributed by atoms with van der Waals surface area (Å²) in [5.41, 5.74) is 1.28. The Kier molecular flexibility index (Phi) is 3.73. The average molecular weight is 348 g/mol. The molecule has 0 spiro atoms. The van der Waals surface area contributed by atoms with Crippen molar-refractivity contribution in [3.8, 4) is 0 Å². The molecule has 0 saturated carbocycles. The molecule has 0 fully saturated rings. The minimum atomic E-state index is 0.0543. The molecule has 0 N–H and O–H groups in total. The third kappa shape index (κ3) is 2.59. The van der Waals surface area contributed by atoms with E-state index in [0.29, 0.717) is 22.7 Å². The fourth-order valence-corrected chi connectivity index (χ4v) is 5.03. The summed E-state index contributed by atoms with van der Waals surface area (Å²) < 4.78 is 7.01. The Morgan fingerprint density at radius 2 is 2.13 bits per heavy atom. The minimum Gasteiger partial charge on any atom is -0.425 e. The highest BCUT2D eigenvalue weighted by atomic mass is 32.2. The van der Waals surface area contributed by atoms with Gasteiger partial charge in [-0.3, -0.25) is 9.36 Å². The van der Waals surface area contributed by atoms with Crippen LogP contribution in [-0.4, -0.2) is 19.7 Å². The second-order valence-corrected chi connectivity index (χ2v) is 7.68. The molecule has 3 aromatic rings. The van der Waals surface area contributed by atoms with E-state index >= 15 is 0 Å². The van der Waals surface area contributed by atoms with Gasteiger partial charge >= 0.3 is 0 Å². The summed E-state index contributed by atoms with van der Waals surface area (Å²) in [5.74, 6) is 1.61. The topological polar surface area (TPSA) is 73.8 Å². The summed E-state index contributed by atoms with van der Waals surface area (Å²) in [6.07, 6.45) is 4.44. The van der Waals surface area contributed by atoms with Crippen LogP contribution in [0.25, 0.3) is 10.2 Å². The Morgan fingerprint density at radius 1 is 1.30 bits per heavy atom. The second kappa shape index (κ2) is 5.76. The monoisotopic (exact) mass is 348 g/mol. The van der Waals surface area contributed by atoms with Crippen molar-refractivity contribution in [1.82, 2.24) is 19.7 Å². The van der Waals surface area contributed by atoms with Gasteiger partial charge in [-0.25, -0.2) is 4.98 Å². The van der Waals surface area contributed by atoms with Crippen molar-refractivity contribution in [2.75, 3.05) is 0 Å². The number of nitrogens with zero attached hydrogens (tertiary/aromatic N) is 4. The molecule has 0 radical (unpaired) electrons. The van der Waals surface area contributed by atoms with Crippen LogP contribution >= 0.6 is 23.1 Å². The van der Waals surface area contributed by atoms with E-state index in [0.717, 1.165) is 29.5 Å². The van der Waals surface area contributed by atoms with Gasteiger partial charge in [-0.05, 0) is 31.2 Å². The zero-order valence-electron chi connectivity index (χ0n) is 13.0. The number of thiophene rings is 1. The van der Waals surface area contributed by atoms with Gasteiger partial charge in [-0.1, -0.05) is 11.8 Å². The van der Waals surface area contributed by atoms with Gasteiger partial charge in [0.05, 0.1) is 11.1 Å². The summed E-state index contributed by atoms with van der Waals surface area (Å²) in [7, 11) is 1.78. The number of thioether (sulfide) groups is 1. The number of rotatable bonds is 3. The van der Waals surface area contributed by atoms with Crippen LogP contribution in [0.3, 0.4) is 0 Å². The van der Waals surface area contributed by atoms with Crippen LogP contribution in [0.15, 0.2) is 14.4 Å². The first-order valence-electron chi connectivity index (χ1n) is 7.56. The van der Waals surface area contributed by atoms with Crippen LogP contribution in [0, 0.1) is 6.92 Å². The molecular formula is C15H16N4O2S2. The van der Waals surface area contributed by atoms with Gasteiger partial charge in [-0.15, -0.1) is 21.5 Å². The third-order valence-electron chi connectivity index (χ3n) is 4.05. The Hall–Kier alpha value is -1.67. The number of hydrogen-bond acceptors (Lipinski definition) is 7. The fraction of sp³-hybridized carbons (Fsp3) is 0.467. The van der Waals surface area contributed by atoms with E-state index in [9.17, 15) is 4.79 Å². The molecule has 0 unspecified atom stereocenters. The zero-order chi connectivity index (χ0) is 16.0. The minimum absolute atomic E-state index is 0.0543. The molecule has 8 heteroatoms. The Morgan fingerprint density at radius 3 is 2.91 bits per heavy atom. The van der Waals surface area contributed by atoms with Crippen LogP contribution in [-0.2, 0) is 25.6 Å². The van der Waals surface area contributed by atoms with Gasteiger partial charge in [0.2, 0.25) is 11.8 Å². The highest BCUT2D eigenvalue weighted by molar-refractivity contribution is 7.98. The van der Waals surface area contributed by atoms with E-state index in [-0.39, 0.29) is 5.56 Å².